The minimum Gasteiger partial charge on any atom is -0.468 e. The van der Waals surface area contributed by atoms with Crippen molar-refractivity contribution in [3.63, 3.8) is 0 Å². The molecule has 0 aliphatic carbocycles. The summed E-state index contributed by atoms with van der Waals surface area (Å²) in [5.41, 5.74) is -1.58. The standard InChI is InChI=1S/C15H17FO5/c1-10(21-12-7-5-6-11(16)8-12)9-15(2,13(17)19-3)14(18)20-4/h5-8H,1,9H2,2-4H3. The molecule has 0 unspecified atom stereocenters. The van der Waals surface area contributed by atoms with E-state index in [2.05, 4.69) is 16.1 Å². The lowest BCUT2D eigenvalue weighted by molar-refractivity contribution is -0.168. The quantitative estimate of drug-likeness (QED) is 0.458. The molecule has 0 aromatic heterocycles. The van der Waals surface area contributed by atoms with Crippen molar-refractivity contribution in [3.8, 4) is 5.75 Å². The first kappa shape index (κ1) is 16.7. The summed E-state index contributed by atoms with van der Waals surface area (Å²) < 4.78 is 27.6. The maximum atomic E-state index is 13.1. The number of ether oxygens (including phenoxy) is 3. The van der Waals surface area contributed by atoms with Gasteiger partial charge in [0.1, 0.15) is 11.6 Å². The summed E-state index contributed by atoms with van der Waals surface area (Å²) in [6.45, 7) is 5.00. The number of allylic oxidation sites excluding steroid dienone is 1. The van der Waals surface area contributed by atoms with Crippen molar-refractivity contribution in [3.05, 3.63) is 42.4 Å². The van der Waals surface area contributed by atoms with E-state index in [-0.39, 0.29) is 17.9 Å². The molecule has 5 nitrogen and oxygen atoms in total. The van der Waals surface area contributed by atoms with E-state index in [0.29, 0.717) is 0 Å². The van der Waals surface area contributed by atoms with E-state index < -0.39 is 23.2 Å². The second kappa shape index (κ2) is 6.88. The fourth-order valence-electron chi connectivity index (χ4n) is 1.81. The SMILES string of the molecule is C=C(CC(C)(C(=O)OC)C(=O)OC)Oc1cccc(F)c1. The molecule has 0 aliphatic rings. The van der Waals surface area contributed by atoms with E-state index >= 15 is 0 Å². The lowest BCUT2D eigenvalue weighted by Crippen LogP contribution is -2.39. The van der Waals surface area contributed by atoms with Crippen molar-refractivity contribution < 1.29 is 28.2 Å². The zero-order valence-electron chi connectivity index (χ0n) is 12.1. The largest absolute Gasteiger partial charge is 0.468 e. The first-order chi connectivity index (χ1) is 9.83. The molecule has 0 N–H and O–H groups in total. The molecule has 6 heteroatoms. The number of halogens is 1. The van der Waals surface area contributed by atoms with Crippen LogP contribution in [0, 0.1) is 11.2 Å². The van der Waals surface area contributed by atoms with Gasteiger partial charge in [-0.3, -0.25) is 9.59 Å². The molecule has 1 aromatic rings. The van der Waals surface area contributed by atoms with E-state index in [9.17, 15) is 14.0 Å². The Morgan fingerprint density at radius 1 is 1.24 bits per heavy atom. The van der Waals surface area contributed by atoms with Crippen molar-refractivity contribution >= 4 is 11.9 Å². The molecule has 114 valence electrons. The van der Waals surface area contributed by atoms with Crippen LogP contribution >= 0.6 is 0 Å². The molecule has 0 aliphatic heterocycles. The van der Waals surface area contributed by atoms with Gasteiger partial charge in [-0.1, -0.05) is 12.6 Å². The summed E-state index contributed by atoms with van der Waals surface area (Å²) >= 11 is 0. The van der Waals surface area contributed by atoms with Crippen LogP contribution in [0.5, 0.6) is 5.75 Å². The Labute approximate surface area is 122 Å². The topological polar surface area (TPSA) is 61.8 Å². The summed E-state index contributed by atoms with van der Waals surface area (Å²) in [5.74, 6) is -1.67. The molecule has 0 heterocycles. The van der Waals surface area contributed by atoms with E-state index in [4.69, 9.17) is 4.74 Å². The van der Waals surface area contributed by atoms with Crippen LogP contribution in [-0.2, 0) is 19.1 Å². The average Bonchev–Trinajstić information content (AvgIpc) is 2.44. The highest BCUT2D eigenvalue weighted by atomic mass is 19.1. The summed E-state index contributed by atoms with van der Waals surface area (Å²) in [4.78, 5) is 23.6. The lowest BCUT2D eigenvalue weighted by Gasteiger charge is -2.24. The van der Waals surface area contributed by atoms with Gasteiger partial charge in [0, 0.05) is 12.5 Å². The molecule has 0 radical (unpaired) electrons. The number of carbonyl (C=O) groups is 2. The van der Waals surface area contributed by atoms with Gasteiger partial charge in [0.2, 0.25) is 0 Å². The Bertz CT molecular complexity index is 537. The van der Waals surface area contributed by atoms with Gasteiger partial charge in [0.25, 0.3) is 0 Å². The Hall–Kier alpha value is -2.37. The number of hydrogen-bond donors (Lipinski definition) is 0. The summed E-state index contributed by atoms with van der Waals surface area (Å²) in [5, 5.41) is 0. The second-order valence-electron chi connectivity index (χ2n) is 4.59. The summed E-state index contributed by atoms with van der Waals surface area (Å²) in [6, 6.07) is 5.43. The van der Waals surface area contributed by atoms with E-state index in [0.717, 1.165) is 0 Å². The number of carbonyl (C=O) groups excluding carboxylic acids is 2. The van der Waals surface area contributed by atoms with E-state index in [1.165, 1.54) is 45.4 Å². The van der Waals surface area contributed by atoms with Gasteiger partial charge in [0.15, 0.2) is 5.41 Å². The van der Waals surface area contributed by atoms with E-state index in [1.54, 1.807) is 0 Å². The van der Waals surface area contributed by atoms with Crippen LogP contribution in [0.3, 0.4) is 0 Å². The van der Waals surface area contributed by atoms with Crippen molar-refractivity contribution in [2.45, 2.75) is 13.3 Å². The van der Waals surface area contributed by atoms with Gasteiger partial charge >= 0.3 is 11.9 Å². The lowest BCUT2D eigenvalue weighted by atomic mass is 9.86. The van der Waals surface area contributed by atoms with Crippen LogP contribution in [0.2, 0.25) is 0 Å². The Morgan fingerprint density at radius 3 is 2.29 bits per heavy atom. The van der Waals surface area contributed by atoms with Crippen LogP contribution < -0.4 is 4.74 Å². The number of rotatable bonds is 6. The predicted molar refractivity (Wildman–Crippen MR) is 72.9 cm³/mol. The third-order valence-electron chi connectivity index (χ3n) is 2.88. The molecule has 1 rings (SSSR count). The monoisotopic (exact) mass is 296 g/mol. The molecule has 0 atom stereocenters. The van der Waals surface area contributed by atoms with Crippen LogP contribution in [0.15, 0.2) is 36.6 Å². The maximum absolute atomic E-state index is 13.1. The van der Waals surface area contributed by atoms with Crippen molar-refractivity contribution in [2.75, 3.05) is 14.2 Å². The first-order valence-electron chi connectivity index (χ1n) is 6.11. The molecule has 0 saturated carbocycles. The van der Waals surface area contributed by atoms with Gasteiger partial charge in [0.05, 0.1) is 20.0 Å². The molecule has 21 heavy (non-hydrogen) atoms. The number of esters is 2. The Kier molecular flexibility index (Phi) is 5.46. The zero-order chi connectivity index (χ0) is 16.0. The Balaban J connectivity index is 2.87. The van der Waals surface area contributed by atoms with Crippen LogP contribution in [0.25, 0.3) is 0 Å². The molecule has 0 saturated heterocycles. The molecule has 0 fully saturated rings. The van der Waals surface area contributed by atoms with Crippen molar-refractivity contribution in [1.29, 1.82) is 0 Å². The molecular weight excluding hydrogens is 279 g/mol. The highest BCUT2D eigenvalue weighted by Crippen LogP contribution is 2.30. The first-order valence-corrected chi connectivity index (χ1v) is 6.11. The molecule has 0 amide bonds. The van der Waals surface area contributed by atoms with Gasteiger partial charge in [-0.15, -0.1) is 0 Å². The summed E-state index contributed by atoms with van der Waals surface area (Å²) in [7, 11) is 2.33. The van der Waals surface area contributed by atoms with Crippen LogP contribution in [-0.4, -0.2) is 26.2 Å². The molecule has 1 aromatic carbocycles. The fraction of sp³-hybridized carbons (Fsp3) is 0.333. The van der Waals surface area contributed by atoms with Crippen LogP contribution in [0.4, 0.5) is 4.39 Å². The smallest absolute Gasteiger partial charge is 0.323 e. The van der Waals surface area contributed by atoms with Gasteiger partial charge in [-0.25, -0.2) is 4.39 Å². The highest BCUT2D eigenvalue weighted by molar-refractivity contribution is 5.99. The van der Waals surface area contributed by atoms with Gasteiger partial charge in [-0.05, 0) is 19.1 Å². The second-order valence-corrected chi connectivity index (χ2v) is 4.59. The van der Waals surface area contributed by atoms with Gasteiger partial charge < -0.3 is 14.2 Å². The maximum Gasteiger partial charge on any atom is 0.323 e. The normalized spacial score (nSPS) is 10.7. The summed E-state index contributed by atoms with van der Waals surface area (Å²) in [6.07, 6.45) is -0.150. The number of benzene rings is 1. The zero-order valence-corrected chi connectivity index (χ0v) is 12.1. The van der Waals surface area contributed by atoms with Crippen LogP contribution in [0.1, 0.15) is 13.3 Å². The van der Waals surface area contributed by atoms with Crippen molar-refractivity contribution in [2.24, 2.45) is 5.41 Å². The minimum atomic E-state index is -1.58. The van der Waals surface area contributed by atoms with Gasteiger partial charge in [-0.2, -0.15) is 0 Å². The van der Waals surface area contributed by atoms with Crippen molar-refractivity contribution in [1.82, 2.24) is 0 Å². The third-order valence-corrected chi connectivity index (χ3v) is 2.88. The fourth-order valence-corrected chi connectivity index (χ4v) is 1.81. The third kappa shape index (κ3) is 4.05. The highest BCUT2D eigenvalue weighted by Gasteiger charge is 2.44. The number of hydrogen-bond acceptors (Lipinski definition) is 5. The van der Waals surface area contributed by atoms with E-state index in [1.807, 2.05) is 0 Å². The molecular formula is C15H17FO5. The molecule has 0 spiro atoms. The minimum absolute atomic E-state index is 0.110. The Morgan fingerprint density at radius 2 is 1.81 bits per heavy atom. The molecule has 0 bridgehead atoms. The predicted octanol–water partition coefficient (Wildman–Crippen LogP) is 2.46. The average molecular weight is 296 g/mol. The number of methoxy groups -OCH3 is 2.